The largest absolute Gasteiger partial charge is 0.493 e. The van der Waals surface area contributed by atoms with Gasteiger partial charge in [0.25, 0.3) is 0 Å². The third-order valence-electron chi connectivity index (χ3n) is 1.87. The summed E-state index contributed by atoms with van der Waals surface area (Å²) >= 11 is 0. The lowest BCUT2D eigenvalue weighted by molar-refractivity contribution is 0.419. The summed E-state index contributed by atoms with van der Waals surface area (Å²) in [6.07, 6.45) is 1.47. The zero-order valence-corrected chi connectivity index (χ0v) is 8.38. The monoisotopic (exact) mass is 206 g/mol. The molecule has 2 rings (SSSR count). The van der Waals surface area contributed by atoms with Crippen molar-refractivity contribution in [3.8, 4) is 5.88 Å². The van der Waals surface area contributed by atoms with E-state index in [1.165, 1.54) is 12.3 Å². The van der Waals surface area contributed by atoms with E-state index in [1.807, 2.05) is 6.92 Å². The van der Waals surface area contributed by atoms with Gasteiger partial charge < -0.3 is 9.63 Å². The number of hydrogen-bond donors (Lipinski definition) is 1. The Bertz CT molecular complexity index is 469. The second-order valence-corrected chi connectivity index (χ2v) is 3.08. The Balaban J connectivity index is 2.32. The van der Waals surface area contributed by atoms with Crippen LogP contribution in [-0.2, 0) is 0 Å². The predicted octanol–water partition coefficient (Wildman–Crippen LogP) is 1.25. The first-order valence-corrected chi connectivity index (χ1v) is 4.36. The van der Waals surface area contributed by atoms with E-state index in [-0.39, 0.29) is 5.88 Å². The van der Waals surface area contributed by atoms with Gasteiger partial charge in [0.15, 0.2) is 0 Å². The standard InChI is InChI=1S/C9H10N4O2/c1-6-5-8(15-12-6)13(2)9-10-4-3-7(14)11-9/h3-5H,1-2H3,(H,10,11,14). The molecular weight excluding hydrogens is 196 g/mol. The first-order valence-electron chi connectivity index (χ1n) is 4.36. The van der Waals surface area contributed by atoms with Crippen molar-refractivity contribution in [1.29, 1.82) is 0 Å². The zero-order valence-electron chi connectivity index (χ0n) is 8.38. The number of aromatic nitrogens is 3. The van der Waals surface area contributed by atoms with E-state index in [4.69, 9.17) is 4.52 Å². The number of aryl methyl sites for hydroxylation is 1. The summed E-state index contributed by atoms with van der Waals surface area (Å²) in [5.74, 6) is 0.798. The van der Waals surface area contributed by atoms with Gasteiger partial charge in [0.05, 0.1) is 5.69 Å². The van der Waals surface area contributed by atoms with Crippen LogP contribution in [0.15, 0.2) is 22.9 Å². The molecule has 0 bridgehead atoms. The van der Waals surface area contributed by atoms with Gasteiger partial charge in [-0.05, 0) is 6.92 Å². The van der Waals surface area contributed by atoms with Crippen molar-refractivity contribution in [2.24, 2.45) is 0 Å². The molecule has 0 amide bonds. The lowest BCUT2D eigenvalue weighted by Crippen LogP contribution is -2.11. The van der Waals surface area contributed by atoms with Gasteiger partial charge in [0.2, 0.25) is 17.7 Å². The quantitative estimate of drug-likeness (QED) is 0.796. The molecule has 0 saturated heterocycles. The van der Waals surface area contributed by atoms with Gasteiger partial charge in [-0.1, -0.05) is 5.16 Å². The molecule has 0 aliphatic rings. The summed E-state index contributed by atoms with van der Waals surface area (Å²) < 4.78 is 5.03. The maximum absolute atomic E-state index is 9.19. The third kappa shape index (κ3) is 1.88. The van der Waals surface area contributed by atoms with Gasteiger partial charge in [0.1, 0.15) is 0 Å². The van der Waals surface area contributed by atoms with Crippen LogP contribution in [0.2, 0.25) is 0 Å². The summed E-state index contributed by atoms with van der Waals surface area (Å²) in [6.45, 7) is 1.82. The Labute approximate surface area is 86.2 Å². The van der Waals surface area contributed by atoms with Crippen LogP contribution in [0.1, 0.15) is 5.69 Å². The van der Waals surface area contributed by atoms with Crippen LogP contribution in [0.3, 0.4) is 0 Å². The molecule has 6 heteroatoms. The lowest BCUT2D eigenvalue weighted by Gasteiger charge is -2.11. The predicted molar refractivity (Wildman–Crippen MR) is 53.0 cm³/mol. The fourth-order valence-corrected chi connectivity index (χ4v) is 1.11. The number of rotatable bonds is 2. The van der Waals surface area contributed by atoms with Crippen LogP contribution in [0, 0.1) is 6.92 Å². The smallest absolute Gasteiger partial charge is 0.235 e. The fourth-order valence-electron chi connectivity index (χ4n) is 1.11. The molecule has 2 heterocycles. The van der Waals surface area contributed by atoms with Crippen molar-refractivity contribution in [2.45, 2.75) is 6.92 Å². The molecule has 0 radical (unpaired) electrons. The molecule has 0 aliphatic carbocycles. The van der Waals surface area contributed by atoms with Crippen molar-refractivity contribution in [2.75, 3.05) is 11.9 Å². The van der Waals surface area contributed by atoms with Gasteiger partial charge in [-0.3, -0.25) is 4.90 Å². The average molecular weight is 206 g/mol. The fraction of sp³-hybridized carbons (Fsp3) is 0.222. The summed E-state index contributed by atoms with van der Waals surface area (Å²) in [4.78, 5) is 9.43. The van der Waals surface area contributed by atoms with Crippen LogP contribution >= 0.6 is 0 Å². The molecule has 0 aromatic carbocycles. The SMILES string of the molecule is Cc1cc(N(C)c2nccc(O)n2)on1. The maximum atomic E-state index is 9.19. The molecule has 6 nitrogen and oxygen atoms in total. The molecule has 2 aromatic heterocycles. The Morgan fingerprint density at radius 1 is 1.47 bits per heavy atom. The molecule has 0 spiro atoms. The van der Waals surface area contributed by atoms with Gasteiger partial charge in [-0.15, -0.1) is 0 Å². The van der Waals surface area contributed by atoms with Crippen molar-refractivity contribution >= 4 is 11.8 Å². The number of aromatic hydroxyl groups is 1. The Morgan fingerprint density at radius 2 is 2.27 bits per heavy atom. The molecular formula is C9H10N4O2. The molecule has 0 saturated carbocycles. The maximum Gasteiger partial charge on any atom is 0.235 e. The first kappa shape index (κ1) is 9.45. The minimum Gasteiger partial charge on any atom is -0.493 e. The van der Waals surface area contributed by atoms with Crippen LogP contribution < -0.4 is 4.90 Å². The average Bonchev–Trinajstić information content (AvgIpc) is 2.64. The summed E-state index contributed by atoms with van der Waals surface area (Å²) in [6, 6.07) is 3.16. The Morgan fingerprint density at radius 3 is 2.87 bits per heavy atom. The van der Waals surface area contributed by atoms with Gasteiger partial charge in [-0.25, -0.2) is 4.98 Å². The van der Waals surface area contributed by atoms with E-state index >= 15 is 0 Å². The molecule has 15 heavy (non-hydrogen) atoms. The summed E-state index contributed by atoms with van der Waals surface area (Å²) in [5, 5.41) is 12.9. The van der Waals surface area contributed by atoms with E-state index in [1.54, 1.807) is 18.0 Å². The van der Waals surface area contributed by atoms with E-state index in [0.717, 1.165) is 5.69 Å². The summed E-state index contributed by atoms with van der Waals surface area (Å²) in [7, 11) is 1.73. The van der Waals surface area contributed by atoms with Gasteiger partial charge >= 0.3 is 0 Å². The third-order valence-corrected chi connectivity index (χ3v) is 1.87. The zero-order chi connectivity index (χ0) is 10.8. The first-order chi connectivity index (χ1) is 7.16. The van der Waals surface area contributed by atoms with E-state index in [9.17, 15) is 5.11 Å². The Hall–Kier alpha value is -2.11. The van der Waals surface area contributed by atoms with Crippen LogP contribution in [-0.4, -0.2) is 27.3 Å². The highest BCUT2D eigenvalue weighted by Crippen LogP contribution is 2.21. The second-order valence-electron chi connectivity index (χ2n) is 3.08. The van der Waals surface area contributed by atoms with Crippen molar-refractivity contribution in [3.05, 3.63) is 24.0 Å². The van der Waals surface area contributed by atoms with Crippen LogP contribution in [0.5, 0.6) is 5.88 Å². The second kappa shape index (κ2) is 3.56. The lowest BCUT2D eigenvalue weighted by atomic mass is 10.4. The minimum atomic E-state index is -0.0805. The van der Waals surface area contributed by atoms with Gasteiger partial charge in [0, 0.05) is 25.4 Å². The summed E-state index contributed by atoms with van der Waals surface area (Å²) in [5.41, 5.74) is 0.775. The van der Waals surface area contributed by atoms with Crippen molar-refractivity contribution in [1.82, 2.24) is 15.1 Å². The highest BCUT2D eigenvalue weighted by Gasteiger charge is 2.11. The normalized spacial score (nSPS) is 10.3. The molecule has 0 unspecified atom stereocenters. The van der Waals surface area contributed by atoms with Crippen LogP contribution in [0.25, 0.3) is 0 Å². The molecule has 0 aliphatic heterocycles. The van der Waals surface area contributed by atoms with E-state index in [0.29, 0.717) is 11.8 Å². The number of anilines is 2. The molecule has 2 aromatic rings. The van der Waals surface area contributed by atoms with Crippen molar-refractivity contribution in [3.63, 3.8) is 0 Å². The van der Waals surface area contributed by atoms with Crippen LogP contribution in [0.4, 0.5) is 11.8 Å². The van der Waals surface area contributed by atoms with E-state index < -0.39 is 0 Å². The van der Waals surface area contributed by atoms with Gasteiger partial charge in [-0.2, -0.15) is 4.98 Å². The molecule has 78 valence electrons. The van der Waals surface area contributed by atoms with E-state index in [2.05, 4.69) is 15.1 Å². The minimum absolute atomic E-state index is 0.0805. The van der Waals surface area contributed by atoms with Crippen molar-refractivity contribution < 1.29 is 9.63 Å². The number of hydrogen-bond acceptors (Lipinski definition) is 6. The number of nitrogens with zero attached hydrogens (tertiary/aromatic N) is 4. The topological polar surface area (TPSA) is 75.3 Å². The molecule has 0 atom stereocenters. The molecule has 0 fully saturated rings. The highest BCUT2D eigenvalue weighted by molar-refractivity contribution is 5.49. The Kier molecular flexibility index (Phi) is 2.24. The highest BCUT2D eigenvalue weighted by atomic mass is 16.5. The molecule has 1 N–H and O–H groups in total.